The first-order valence-corrected chi connectivity index (χ1v) is 10.8. The lowest BCUT2D eigenvalue weighted by Crippen LogP contribution is -2.45. The summed E-state index contributed by atoms with van der Waals surface area (Å²) in [5.41, 5.74) is 1.13. The average molecular weight is 458 g/mol. The minimum Gasteiger partial charge on any atom is -0.486 e. The van der Waals surface area contributed by atoms with Crippen molar-refractivity contribution < 1.29 is 33.3 Å². The summed E-state index contributed by atoms with van der Waals surface area (Å²) in [7, 11) is 1.28. The Morgan fingerprint density at radius 2 is 1.67 bits per heavy atom. The van der Waals surface area contributed by atoms with Crippen molar-refractivity contribution >= 4 is 12.1 Å². The van der Waals surface area contributed by atoms with Gasteiger partial charge in [0.25, 0.3) is 0 Å². The van der Waals surface area contributed by atoms with E-state index in [1.807, 2.05) is 42.5 Å². The molecule has 8 nitrogen and oxygen atoms in total. The fourth-order valence-electron chi connectivity index (χ4n) is 3.27. The second-order valence-corrected chi connectivity index (χ2v) is 8.72. The van der Waals surface area contributed by atoms with Crippen molar-refractivity contribution in [1.82, 2.24) is 5.32 Å². The van der Waals surface area contributed by atoms with Crippen LogP contribution in [-0.2, 0) is 30.2 Å². The Labute approximate surface area is 194 Å². The number of amides is 1. The fourth-order valence-corrected chi connectivity index (χ4v) is 3.27. The van der Waals surface area contributed by atoms with Gasteiger partial charge in [-0.1, -0.05) is 42.5 Å². The lowest BCUT2D eigenvalue weighted by molar-refractivity contribution is -0.215. The fraction of sp³-hybridized carbons (Fsp3) is 0.440. The van der Waals surface area contributed by atoms with Crippen LogP contribution >= 0.6 is 0 Å². The SMILES string of the molecule is COC(=O)[C@H](Cc1ccc(O[C@H]2CO[C@H](c3ccccc3)OC2)cc1)NC(=O)OC(C)(C)C. The maximum Gasteiger partial charge on any atom is 0.408 e. The van der Waals surface area contributed by atoms with E-state index in [2.05, 4.69) is 5.32 Å². The van der Waals surface area contributed by atoms with Crippen molar-refractivity contribution in [2.75, 3.05) is 20.3 Å². The van der Waals surface area contributed by atoms with Crippen LogP contribution in [0.3, 0.4) is 0 Å². The van der Waals surface area contributed by atoms with Crippen LogP contribution in [0.2, 0.25) is 0 Å². The Morgan fingerprint density at radius 1 is 1.03 bits per heavy atom. The molecule has 1 heterocycles. The molecular weight excluding hydrogens is 426 g/mol. The van der Waals surface area contributed by atoms with Crippen LogP contribution in [0.1, 0.15) is 38.2 Å². The van der Waals surface area contributed by atoms with E-state index in [9.17, 15) is 9.59 Å². The van der Waals surface area contributed by atoms with Crippen LogP contribution in [0.15, 0.2) is 54.6 Å². The molecule has 0 radical (unpaired) electrons. The first-order valence-electron chi connectivity index (χ1n) is 10.8. The number of ether oxygens (including phenoxy) is 5. The minimum atomic E-state index is -0.869. The van der Waals surface area contributed by atoms with Gasteiger partial charge in [0.15, 0.2) is 6.29 Å². The third-order valence-electron chi connectivity index (χ3n) is 4.78. The number of hydrogen-bond donors (Lipinski definition) is 1. The van der Waals surface area contributed by atoms with Crippen LogP contribution in [0.25, 0.3) is 0 Å². The van der Waals surface area contributed by atoms with E-state index in [0.29, 0.717) is 19.0 Å². The zero-order valence-corrected chi connectivity index (χ0v) is 19.4. The Kier molecular flexibility index (Phi) is 8.30. The topological polar surface area (TPSA) is 92.3 Å². The number of alkyl carbamates (subject to hydrolysis) is 1. The molecule has 178 valence electrons. The maximum atomic E-state index is 12.1. The van der Waals surface area contributed by atoms with Gasteiger partial charge in [0.2, 0.25) is 0 Å². The van der Waals surface area contributed by atoms with Crippen molar-refractivity contribution in [2.45, 2.75) is 51.2 Å². The summed E-state index contributed by atoms with van der Waals surface area (Å²) in [6.45, 7) is 6.07. The van der Waals surface area contributed by atoms with Gasteiger partial charge in [-0.05, 0) is 38.5 Å². The molecular formula is C25H31NO7. The number of rotatable bonds is 7. The second-order valence-electron chi connectivity index (χ2n) is 8.72. The van der Waals surface area contributed by atoms with Gasteiger partial charge in [0, 0.05) is 12.0 Å². The number of carbonyl (C=O) groups is 2. The first-order chi connectivity index (χ1) is 15.7. The Morgan fingerprint density at radius 3 is 2.24 bits per heavy atom. The molecule has 0 bridgehead atoms. The van der Waals surface area contributed by atoms with E-state index in [1.54, 1.807) is 32.9 Å². The third kappa shape index (κ3) is 7.76. The quantitative estimate of drug-likeness (QED) is 0.633. The largest absolute Gasteiger partial charge is 0.486 e. The molecule has 33 heavy (non-hydrogen) atoms. The van der Waals surface area contributed by atoms with E-state index in [4.69, 9.17) is 23.7 Å². The van der Waals surface area contributed by atoms with E-state index < -0.39 is 23.7 Å². The maximum absolute atomic E-state index is 12.1. The number of esters is 1. The van der Waals surface area contributed by atoms with Gasteiger partial charge in [0.1, 0.15) is 23.5 Å². The highest BCUT2D eigenvalue weighted by Crippen LogP contribution is 2.25. The van der Waals surface area contributed by atoms with Gasteiger partial charge in [-0.3, -0.25) is 0 Å². The van der Waals surface area contributed by atoms with Crippen LogP contribution in [0.5, 0.6) is 5.75 Å². The molecule has 1 atom stereocenters. The molecule has 0 aliphatic carbocycles. The van der Waals surface area contributed by atoms with Crippen LogP contribution < -0.4 is 10.1 Å². The normalized spacial score (nSPS) is 19.3. The number of benzene rings is 2. The van der Waals surface area contributed by atoms with E-state index in [1.165, 1.54) is 7.11 Å². The Balaban J connectivity index is 1.52. The molecule has 0 saturated carbocycles. The summed E-state index contributed by atoms with van der Waals surface area (Å²) in [5, 5.41) is 2.57. The zero-order chi connectivity index (χ0) is 23.8. The van der Waals surface area contributed by atoms with Gasteiger partial charge in [-0.2, -0.15) is 0 Å². The van der Waals surface area contributed by atoms with Crippen LogP contribution in [0, 0.1) is 0 Å². The molecule has 1 saturated heterocycles. The molecule has 0 aromatic heterocycles. The van der Waals surface area contributed by atoms with Gasteiger partial charge < -0.3 is 29.0 Å². The highest BCUT2D eigenvalue weighted by molar-refractivity contribution is 5.81. The Bertz CT molecular complexity index is 901. The molecule has 2 aromatic rings. The van der Waals surface area contributed by atoms with Gasteiger partial charge >= 0.3 is 12.1 Å². The first kappa shape index (κ1) is 24.5. The molecule has 1 N–H and O–H groups in total. The third-order valence-corrected chi connectivity index (χ3v) is 4.78. The predicted octanol–water partition coefficient (Wildman–Crippen LogP) is 3.79. The summed E-state index contributed by atoms with van der Waals surface area (Å²) >= 11 is 0. The van der Waals surface area contributed by atoms with Crippen molar-refractivity contribution in [2.24, 2.45) is 0 Å². The molecule has 0 unspecified atom stereocenters. The van der Waals surface area contributed by atoms with Crippen molar-refractivity contribution in [3.63, 3.8) is 0 Å². The molecule has 3 rings (SSSR count). The minimum absolute atomic E-state index is 0.229. The zero-order valence-electron chi connectivity index (χ0n) is 19.4. The predicted molar refractivity (Wildman–Crippen MR) is 121 cm³/mol. The molecule has 0 spiro atoms. The molecule has 1 aliphatic heterocycles. The molecule has 1 fully saturated rings. The standard InChI is InChI=1S/C25H31NO7/c1-25(2,3)33-24(28)26-21(22(27)29-4)14-17-10-12-19(13-11-17)32-20-15-30-23(31-16-20)18-8-6-5-7-9-18/h5-13,20-21,23H,14-16H2,1-4H3,(H,26,28)/t20-,21-,23-/m0/s1. The van der Waals surface area contributed by atoms with Gasteiger partial charge in [-0.25, -0.2) is 9.59 Å². The molecule has 8 heteroatoms. The lowest BCUT2D eigenvalue weighted by atomic mass is 10.1. The average Bonchev–Trinajstić information content (AvgIpc) is 2.79. The van der Waals surface area contributed by atoms with E-state index in [0.717, 1.165) is 11.1 Å². The lowest BCUT2D eigenvalue weighted by Gasteiger charge is -2.30. The Hall–Kier alpha value is -3.10. The smallest absolute Gasteiger partial charge is 0.408 e. The van der Waals surface area contributed by atoms with Gasteiger partial charge in [-0.15, -0.1) is 0 Å². The molecule has 2 aromatic carbocycles. The number of nitrogens with one attached hydrogen (secondary N) is 1. The highest BCUT2D eigenvalue weighted by Gasteiger charge is 2.26. The summed E-state index contributed by atoms with van der Waals surface area (Å²) in [4.78, 5) is 24.2. The summed E-state index contributed by atoms with van der Waals surface area (Å²) in [5.74, 6) is 0.106. The number of hydrogen-bond acceptors (Lipinski definition) is 7. The molecule has 1 amide bonds. The summed E-state index contributed by atoms with van der Waals surface area (Å²) in [6.07, 6.45) is -1.04. The van der Waals surface area contributed by atoms with Gasteiger partial charge in [0.05, 0.1) is 20.3 Å². The summed E-state index contributed by atoms with van der Waals surface area (Å²) in [6, 6.07) is 16.2. The van der Waals surface area contributed by atoms with Crippen LogP contribution in [0.4, 0.5) is 4.79 Å². The van der Waals surface area contributed by atoms with Crippen LogP contribution in [-0.4, -0.2) is 50.1 Å². The monoisotopic (exact) mass is 457 g/mol. The summed E-state index contributed by atoms with van der Waals surface area (Å²) < 4.78 is 27.6. The van der Waals surface area contributed by atoms with E-state index in [-0.39, 0.29) is 18.8 Å². The number of carbonyl (C=O) groups excluding carboxylic acids is 2. The van der Waals surface area contributed by atoms with Crippen molar-refractivity contribution in [1.29, 1.82) is 0 Å². The highest BCUT2D eigenvalue weighted by atomic mass is 16.7. The molecule has 1 aliphatic rings. The van der Waals surface area contributed by atoms with Crippen molar-refractivity contribution in [3.05, 3.63) is 65.7 Å². The second kappa shape index (κ2) is 11.2. The number of methoxy groups -OCH3 is 1. The van der Waals surface area contributed by atoms with Crippen molar-refractivity contribution in [3.8, 4) is 5.75 Å². The van der Waals surface area contributed by atoms with E-state index >= 15 is 0 Å².